The summed E-state index contributed by atoms with van der Waals surface area (Å²) in [6.07, 6.45) is 9.08. The van der Waals surface area contributed by atoms with Crippen LogP contribution in [0.4, 0.5) is 0 Å². The summed E-state index contributed by atoms with van der Waals surface area (Å²) in [5.41, 5.74) is 0. The average Bonchev–Trinajstić information content (AvgIpc) is 2.16. The zero-order valence-electron chi connectivity index (χ0n) is 8.96. The Balaban J connectivity index is 1.99. The van der Waals surface area contributed by atoms with E-state index in [-0.39, 0.29) is 0 Å². The fourth-order valence-electron chi connectivity index (χ4n) is 3.43. The predicted molar refractivity (Wildman–Crippen MR) is 54.6 cm³/mol. The van der Waals surface area contributed by atoms with E-state index in [9.17, 15) is 0 Å². The molecule has 0 spiro atoms. The number of methoxy groups -OCH3 is 1. The quantitative estimate of drug-likeness (QED) is 0.605. The molecule has 0 aliphatic heterocycles. The molecule has 76 valence electrons. The van der Waals surface area contributed by atoms with Crippen molar-refractivity contribution in [3.8, 4) is 0 Å². The summed E-state index contributed by atoms with van der Waals surface area (Å²) in [6, 6.07) is 0. The second-order valence-electron chi connectivity index (χ2n) is 5.05. The lowest BCUT2D eigenvalue weighted by Crippen LogP contribution is -2.37. The number of rotatable bonds is 1. The van der Waals surface area contributed by atoms with Gasteiger partial charge in [-0.05, 0) is 43.4 Å². The van der Waals surface area contributed by atoms with Gasteiger partial charge >= 0.3 is 0 Å². The van der Waals surface area contributed by atoms with Gasteiger partial charge in [0.1, 0.15) is 0 Å². The molecule has 0 aromatic carbocycles. The van der Waals surface area contributed by atoms with E-state index in [2.05, 4.69) is 6.92 Å². The van der Waals surface area contributed by atoms with E-state index in [1.54, 1.807) is 0 Å². The topological polar surface area (TPSA) is 9.23 Å². The van der Waals surface area contributed by atoms with Crippen molar-refractivity contribution in [1.82, 2.24) is 0 Å². The molecule has 0 aromatic rings. The van der Waals surface area contributed by atoms with E-state index >= 15 is 0 Å². The van der Waals surface area contributed by atoms with Crippen LogP contribution < -0.4 is 0 Å². The summed E-state index contributed by atoms with van der Waals surface area (Å²) in [5, 5.41) is 0. The van der Waals surface area contributed by atoms with Crippen molar-refractivity contribution in [3.63, 3.8) is 0 Å². The molecule has 0 heterocycles. The first-order chi connectivity index (χ1) is 6.31. The lowest BCUT2D eigenvalue weighted by Gasteiger charge is -2.42. The number of fused-ring (bicyclic) bond motifs is 1. The Morgan fingerprint density at radius 1 is 1.08 bits per heavy atom. The molecule has 0 radical (unpaired) electrons. The summed E-state index contributed by atoms with van der Waals surface area (Å²) in [4.78, 5) is 0. The summed E-state index contributed by atoms with van der Waals surface area (Å²) in [7, 11) is 1.89. The van der Waals surface area contributed by atoms with Gasteiger partial charge in [0, 0.05) is 7.11 Å². The zero-order valence-corrected chi connectivity index (χ0v) is 8.96. The SMILES string of the molecule is COC1CCCC2C[C@H](C)CCC21. The van der Waals surface area contributed by atoms with E-state index < -0.39 is 0 Å². The highest BCUT2D eigenvalue weighted by Crippen LogP contribution is 2.43. The molecule has 2 aliphatic rings. The van der Waals surface area contributed by atoms with Crippen LogP contribution in [0.2, 0.25) is 0 Å². The summed E-state index contributed by atoms with van der Waals surface area (Å²) in [5.74, 6) is 2.86. The van der Waals surface area contributed by atoms with Crippen LogP contribution in [0, 0.1) is 17.8 Å². The van der Waals surface area contributed by atoms with Gasteiger partial charge in [-0.1, -0.05) is 19.8 Å². The molecular formula is C12H22O. The summed E-state index contributed by atoms with van der Waals surface area (Å²) < 4.78 is 5.60. The summed E-state index contributed by atoms with van der Waals surface area (Å²) in [6.45, 7) is 2.41. The smallest absolute Gasteiger partial charge is 0.0602 e. The maximum Gasteiger partial charge on any atom is 0.0602 e. The van der Waals surface area contributed by atoms with E-state index in [0.717, 1.165) is 17.8 Å². The second-order valence-corrected chi connectivity index (χ2v) is 5.05. The molecular weight excluding hydrogens is 160 g/mol. The van der Waals surface area contributed by atoms with Crippen LogP contribution >= 0.6 is 0 Å². The van der Waals surface area contributed by atoms with E-state index in [0.29, 0.717) is 6.10 Å². The van der Waals surface area contributed by atoms with Gasteiger partial charge in [0.2, 0.25) is 0 Å². The van der Waals surface area contributed by atoms with Crippen molar-refractivity contribution in [2.75, 3.05) is 7.11 Å². The molecule has 0 aromatic heterocycles. The number of ether oxygens (including phenoxy) is 1. The van der Waals surface area contributed by atoms with Gasteiger partial charge in [0.05, 0.1) is 6.10 Å². The Morgan fingerprint density at radius 2 is 1.92 bits per heavy atom. The minimum absolute atomic E-state index is 0.589. The third kappa shape index (κ3) is 1.90. The van der Waals surface area contributed by atoms with Crippen LogP contribution in [0.15, 0.2) is 0 Å². The van der Waals surface area contributed by atoms with Crippen LogP contribution in [-0.2, 0) is 4.74 Å². The maximum atomic E-state index is 5.60. The van der Waals surface area contributed by atoms with Crippen molar-refractivity contribution in [2.24, 2.45) is 17.8 Å². The number of hydrogen-bond donors (Lipinski definition) is 0. The monoisotopic (exact) mass is 182 g/mol. The van der Waals surface area contributed by atoms with E-state index in [1.807, 2.05) is 7.11 Å². The average molecular weight is 182 g/mol. The molecule has 2 saturated carbocycles. The van der Waals surface area contributed by atoms with Gasteiger partial charge in [-0.2, -0.15) is 0 Å². The van der Waals surface area contributed by atoms with Crippen LogP contribution in [0.3, 0.4) is 0 Å². The normalized spacial score (nSPS) is 45.7. The molecule has 13 heavy (non-hydrogen) atoms. The van der Waals surface area contributed by atoms with Gasteiger partial charge in [-0.25, -0.2) is 0 Å². The second kappa shape index (κ2) is 4.00. The minimum atomic E-state index is 0.589. The van der Waals surface area contributed by atoms with Gasteiger partial charge in [-0.15, -0.1) is 0 Å². The van der Waals surface area contributed by atoms with Gasteiger partial charge in [0.15, 0.2) is 0 Å². The standard InChI is InChI=1S/C12H22O/c1-9-6-7-11-10(8-9)4-3-5-12(11)13-2/h9-12H,3-8H2,1-2H3/t9-,10?,11?,12?/m1/s1. The van der Waals surface area contributed by atoms with Crippen LogP contribution in [-0.4, -0.2) is 13.2 Å². The van der Waals surface area contributed by atoms with Crippen LogP contribution in [0.25, 0.3) is 0 Å². The lowest BCUT2D eigenvalue weighted by atomic mass is 9.66. The third-order valence-corrected chi connectivity index (χ3v) is 4.15. The highest BCUT2D eigenvalue weighted by molar-refractivity contribution is 4.87. The molecule has 0 saturated heterocycles. The van der Waals surface area contributed by atoms with Crippen LogP contribution in [0.5, 0.6) is 0 Å². The van der Waals surface area contributed by atoms with Crippen molar-refractivity contribution >= 4 is 0 Å². The lowest BCUT2D eigenvalue weighted by molar-refractivity contribution is -0.0292. The highest BCUT2D eigenvalue weighted by atomic mass is 16.5. The highest BCUT2D eigenvalue weighted by Gasteiger charge is 2.36. The molecule has 4 atom stereocenters. The Labute approximate surface area is 81.9 Å². The first-order valence-electron chi connectivity index (χ1n) is 5.84. The third-order valence-electron chi connectivity index (χ3n) is 4.15. The molecule has 3 unspecified atom stereocenters. The molecule has 0 amide bonds. The number of hydrogen-bond acceptors (Lipinski definition) is 1. The Hall–Kier alpha value is -0.0400. The largest absolute Gasteiger partial charge is 0.381 e. The molecule has 2 aliphatic carbocycles. The minimum Gasteiger partial charge on any atom is -0.381 e. The van der Waals surface area contributed by atoms with Crippen LogP contribution in [0.1, 0.15) is 45.4 Å². The van der Waals surface area contributed by atoms with Crippen molar-refractivity contribution in [2.45, 2.75) is 51.6 Å². The van der Waals surface area contributed by atoms with Crippen molar-refractivity contribution in [1.29, 1.82) is 0 Å². The van der Waals surface area contributed by atoms with E-state index in [1.165, 1.54) is 38.5 Å². The molecule has 0 N–H and O–H groups in total. The molecule has 1 nitrogen and oxygen atoms in total. The van der Waals surface area contributed by atoms with Gasteiger partial charge < -0.3 is 4.74 Å². The zero-order chi connectivity index (χ0) is 9.26. The Kier molecular flexibility index (Phi) is 2.92. The molecule has 2 rings (SSSR count). The Morgan fingerprint density at radius 3 is 2.69 bits per heavy atom. The first-order valence-corrected chi connectivity index (χ1v) is 5.84. The van der Waals surface area contributed by atoms with Crippen molar-refractivity contribution < 1.29 is 4.74 Å². The maximum absolute atomic E-state index is 5.60. The summed E-state index contributed by atoms with van der Waals surface area (Å²) >= 11 is 0. The first kappa shape index (κ1) is 9.51. The fraction of sp³-hybridized carbons (Fsp3) is 1.00. The predicted octanol–water partition coefficient (Wildman–Crippen LogP) is 3.24. The fourth-order valence-corrected chi connectivity index (χ4v) is 3.43. The molecule has 1 heteroatoms. The van der Waals surface area contributed by atoms with E-state index in [4.69, 9.17) is 4.74 Å². The Bertz CT molecular complexity index is 167. The molecule has 0 bridgehead atoms. The molecule has 2 fully saturated rings. The van der Waals surface area contributed by atoms with Gasteiger partial charge in [0.25, 0.3) is 0 Å². The van der Waals surface area contributed by atoms with Gasteiger partial charge in [-0.3, -0.25) is 0 Å². The van der Waals surface area contributed by atoms with Crippen molar-refractivity contribution in [3.05, 3.63) is 0 Å².